The molecule has 88 valence electrons. The zero-order chi connectivity index (χ0) is 12.6. The largest absolute Gasteiger partial charge is 0.299 e. The molecule has 1 aliphatic rings. The second-order valence-electron chi connectivity index (χ2n) is 3.57. The van der Waals surface area contributed by atoms with Gasteiger partial charge < -0.3 is 0 Å². The molecule has 1 heterocycles. The average Bonchev–Trinajstić information content (AvgIpc) is 2.56. The smallest absolute Gasteiger partial charge is 0.298 e. The first-order valence-electron chi connectivity index (χ1n) is 5.03. The Balaban J connectivity index is 2.59. The lowest BCUT2D eigenvalue weighted by atomic mass is 10.1. The normalized spacial score (nSPS) is 14.9. The van der Waals surface area contributed by atoms with Crippen molar-refractivity contribution in [1.82, 2.24) is 0 Å². The number of halogens is 2. The van der Waals surface area contributed by atoms with Gasteiger partial charge >= 0.3 is 0 Å². The summed E-state index contributed by atoms with van der Waals surface area (Å²) in [6.07, 6.45) is 3.39. The first-order valence-corrected chi connectivity index (χ1v) is 5.41. The zero-order valence-electron chi connectivity index (χ0n) is 9.04. The number of benzene rings is 1. The Bertz CT molecular complexity index is 540. The van der Waals surface area contributed by atoms with E-state index in [2.05, 4.69) is 0 Å². The molecule has 1 aromatic carbocycles. The molecule has 0 aliphatic carbocycles. The summed E-state index contributed by atoms with van der Waals surface area (Å²) < 4.78 is 13.7. The minimum Gasteiger partial charge on any atom is -0.298 e. The van der Waals surface area contributed by atoms with E-state index in [1.54, 1.807) is 19.1 Å². The van der Waals surface area contributed by atoms with Crippen LogP contribution in [0.25, 0.3) is 0 Å². The number of carbonyl (C=O) groups excluding carboxylic acids is 2. The molecule has 5 heteroatoms. The lowest BCUT2D eigenvalue weighted by molar-refractivity contribution is -0.114. The van der Waals surface area contributed by atoms with E-state index in [1.165, 1.54) is 6.07 Å². The average molecular weight is 254 g/mol. The maximum absolute atomic E-state index is 13.7. The molecule has 0 spiro atoms. The summed E-state index contributed by atoms with van der Waals surface area (Å²) in [6.45, 7) is 1.93. The molecule has 1 aromatic rings. The number of fused-ring (bicyclic) bond motifs is 1. The fourth-order valence-electron chi connectivity index (χ4n) is 1.74. The summed E-state index contributed by atoms with van der Waals surface area (Å²) in [6, 6.07) is 2.43. The van der Waals surface area contributed by atoms with Crippen LogP contribution >= 0.6 is 11.6 Å². The van der Waals surface area contributed by atoms with Gasteiger partial charge in [0.2, 0.25) is 0 Å². The van der Waals surface area contributed by atoms with Gasteiger partial charge in [-0.05, 0) is 19.1 Å². The number of nitrogens with zero attached hydrogens (tertiary/aromatic N) is 1. The Morgan fingerprint density at radius 2 is 2.12 bits per heavy atom. The molecule has 1 amide bonds. The van der Waals surface area contributed by atoms with Crippen molar-refractivity contribution >= 4 is 29.0 Å². The van der Waals surface area contributed by atoms with Gasteiger partial charge in [0.25, 0.3) is 11.7 Å². The third kappa shape index (κ3) is 1.74. The highest BCUT2D eigenvalue weighted by atomic mass is 35.5. The van der Waals surface area contributed by atoms with Crippen LogP contribution in [0.5, 0.6) is 0 Å². The van der Waals surface area contributed by atoms with E-state index in [0.717, 1.165) is 11.0 Å². The lowest BCUT2D eigenvalue weighted by Gasteiger charge is -2.14. The Morgan fingerprint density at radius 1 is 1.41 bits per heavy atom. The van der Waals surface area contributed by atoms with Gasteiger partial charge in [0.1, 0.15) is 5.82 Å². The highest BCUT2D eigenvalue weighted by Gasteiger charge is 2.39. The van der Waals surface area contributed by atoms with Crippen molar-refractivity contribution in [3.63, 3.8) is 0 Å². The molecule has 0 fully saturated rings. The molecule has 0 radical (unpaired) electrons. The number of anilines is 1. The van der Waals surface area contributed by atoms with Gasteiger partial charge in [0.05, 0.1) is 16.3 Å². The standard InChI is InChI=1S/C12H9ClFNO2/c1-2-3-6-15-10-8(14)5-4-7(13)9(10)11(16)12(15)17/h2-5H,6H2,1H3. The molecule has 0 atom stereocenters. The summed E-state index contributed by atoms with van der Waals surface area (Å²) in [7, 11) is 0. The molecule has 17 heavy (non-hydrogen) atoms. The maximum Gasteiger partial charge on any atom is 0.299 e. The van der Waals surface area contributed by atoms with E-state index in [1.807, 2.05) is 0 Å². The van der Waals surface area contributed by atoms with Crippen LogP contribution in [0.15, 0.2) is 24.3 Å². The SMILES string of the molecule is CC=CCN1C(=O)C(=O)c2c(Cl)ccc(F)c21. The summed E-state index contributed by atoms with van der Waals surface area (Å²) in [5.74, 6) is -2.12. The molecule has 0 aromatic heterocycles. The quantitative estimate of drug-likeness (QED) is 0.600. The fourth-order valence-corrected chi connectivity index (χ4v) is 1.98. The van der Waals surface area contributed by atoms with Crippen molar-refractivity contribution in [3.05, 3.63) is 40.7 Å². The zero-order valence-corrected chi connectivity index (χ0v) is 9.79. The van der Waals surface area contributed by atoms with Crippen molar-refractivity contribution < 1.29 is 14.0 Å². The van der Waals surface area contributed by atoms with Crippen molar-refractivity contribution in [2.75, 3.05) is 11.4 Å². The van der Waals surface area contributed by atoms with Gasteiger partial charge in [0.15, 0.2) is 0 Å². The molecule has 0 N–H and O–H groups in total. The Morgan fingerprint density at radius 3 is 2.76 bits per heavy atom. The third-order valence-electron chi connectivity index (χ3n) is 2.54. The van der Waals surface area contributed by atoms with Crippen LogP contribution in [-0.4, -0.2) is 18.2 Å². The van der Waals surface area contributed by atoms with Crippen LogP contribution in [0.3, 0.4) is 0 Å². The number of allylic oxidation sites excluding steroid dienone is 1. The van der Waals surface area contributed by atoms with E-state index < -0.39 is 17.5 Å². The van der Waals surface area contributed by atoms with Crippen LogP contribution in [-0.2, 0) is 4.79 Å². The minimum absolute atomic E-state index is 0.0226. The number of amides is 1. The molecule has 2 rings (SSSR count). The topological polar surface area (TPSA) is 37.4 Å². The Hall–Kier alpha value is -1.68. The van der Waals surface area contributed by atoms with Gasteiger partial charge in [0, 0.05) is 6.54 Å². The first kappa shape index (κ1) is 11.8. The van der Waals surface area contributed by atoms with Crippen LogP contribution < -0.4 is 4.90 Å². The molecule has 1 aliphatic heterocycles. The van der Waals surface area contributed by atoms with E-state index >= 15 is 0 Å². The summed E-state index contributed by atoms with van der Waals surface area (Å²) in [5.41, 5.74) is -0.0632. The van der Waals surface area contributed by atoms with Crippen molar-refractivity contribution in [2.45, 2.75) is 6.92 Å². The predicted molar refractivity (Wildman–Crippen MR) is 62.9 cm³/mol. The van der Waals surface area contributed by atoms with Crippen LogP contribution in [0, 0.1) is 5.82 Å². The highest BCUT2D eigenvalue weighted by molar-refractivity contribution is 6.55. The Kier molecular flexibility index (Phi) is 2.98. The van der Waals surface area contributed by atoms with E-state index in [9.17, 15) is 14.0 Å². The van der Waals surface area contributed by atoms with Crippen molar-refractivity contribution in [2.24, 2.45) is 0 Å². The van der Waals surface area contributed by atoms with Gasteiger partial charge in [-0.3, -0.25) is 14.5 Å². The van der Waals surface area contributed by atoms with Crippen molar-refractivity contribution in [1.29, 1.82) is 0 Å². The molecule has 0 saturated carbocycles. The number of ketones is 1. The molecule has 3 nitrogen and oxygen atoms in total. The van der Waals surface area contributed by atoms with Crippen LogP contribution in [0.4, 0.5) is 10.1 Å². The van der Waals surface area contributed by atoms with Gasteiger partial charge in [-0.15, -0.1) is 0 Å². The maximum atomic E-state index is 13.7. The second-order valence-corrected chi connectivity index (χ2v) is 3.97. The van der Waals surface area contributed by atoms with Crippen LogP contribution in [0.1, 0.15) is 17.3 Å². The number of Topliss-reactive ketones (excluding diaryl/α,β-unsaturated/α-hetero) is 1. The molecule has 0 saturated heterocycles. The van der Waals surface area contributed by atoms with Gasteiger partial charge in [-0.25, -0.2) is 4.39 Å². The molecular weight excluding hydrogens is 245 g/mol. The number of hydrogen-bond acceptors (Lipinski definition) is 2. The number of rotatable bonds is 2. The predicted octanol–water partition coefficient (Wildman–Crippen LogP) is 2.58. The highest BCUT2D eigenvalue weighted by Crippen LogP contribution is 2.36. The van der Waals surface area contributed by atoms with Crippen LogP contribution in [0.2, 0.25) is 5.02 Å². The number of carbonyl (C=O) groups is 2. The Labute approximate surface area is 102 Å². The van der Waals surface area contributed by atoms with Gasteiger partial charge in [-0.2, -0.15) is 0 Å². The molecular formula is C12H9ClFNO2. The summed E-state index contributed by atoms with van der Waals surface area (Å²) in [4.78, 5) is 24.5. The minimum atomic E-state index is -0.756. The third-order valence-corrected chi connectivity index (χ3v) is 2.85. The second kappa shape index (κ2) is 4.30. The molecule has 0 bridgehead atoms. The number of hydrogen-bond donors (Lipinski definition) is 0. The summed E-state index contributed by atoms with van der Waals surface area (Å²) >= 11 is 5.82. The summed E-state index contributed by atoms with van der Waals surface area (Å²) in [5, 5.41) is 0.0997. The van der Waals surface area contributed by atoms with Gasteiger partial charge in [-0.1, -0.05) is 23.8 Å². The van der Waals surface area contributed by atoms with Crippen molar-refractivity contribution in [3.8, 4) is 0 Å². The van der Waals surface area contributed by atoms with E-state index in [-0.39, 0.29) is 22.8 Å². The monoisotopic (exact) mass is 253 g/mol. The van der Waals surface area contributed by atoms with E-state index in [0.29, 0.717) is 0 Å². The van der Waals surface area contributed by atoms with E-state index in [4.69, 9.17) is 11.6 Å². The lowest BCUT2D eigenvalue weighted by Crippen LogP contribution is -2.30. The molecule has 0 unspecified atom stereocenters. The first-order chi connectivity index (χ1) is 8.07. The fraction of sp³-hybridized carbons (Fsp3) is 0.167.